The average Bonchev–Trinajstić information content (AvgIpc) is 2.75. The summed E-state index contributed by atoms with van der Waals surface area (Å²) in [5.41, 5.74) is -2.15. The van der Waals surface area contributed by atoms with Gasteiger partial charge in [0.15, 0.2) is 17.2 Å². The zero-order valence-corrected chi connectivity index (χ0v) is 11.9. The highest BCUT2D eigenvalue weighted by Crippen LogP contribution is 2.52. The molecule has 1 unspecified atom stereocenters. The smallest absolute Gasteiger partial charge is 0.261 e. The number of fused-ring (bicyclic) bond motifs is 1. The zero-order chi connectivity index (χ0) is 16.1. The molecule has 2 aliphatic rings. The highest BCUT2D eigenvalue weighted by atomic mass is 19.3. The number of rotatable bonds is 2. The van der Waals surface area contributed by atoms with Gasteiger partial charge in [-0.25, -0.2) is 17.6 Å². The summed E-state index contributed by atoms with van der Waals surface area (Å²) in [5.74, 6) is -6.96. The number of carbonyl (C=O) groups is 1. The number of methoxy groups -OCH3 is 1. The standard InChI is InChI=1S/C15H15F4NO2/c1-22-15(8-3-2-6-14(18,19)7-8)11-10(20-13(15)21)5-4-9(16)12(11)17/h4-5,8H,2-3,6-7H2,1H3,(H,20,21)/t8?,15-/m1/s1. The minimum absolute atomic E-state index is 0.0691. The number of halogens is 4. The fourth-order valence-corrected chi connectivity index (χ4v) is 3.62. The average molecular weight is 317 g/mol. The molecule has 1 aromatic carbocycles. The number of benzene rings is 1. The lowest BCUT2D eigenvalue weighted by molar-refractivity contribution is -0.158. The summed E-state index contributed by atoms with van der Waals surface area (Å²) in [6.07, 6.45) is -0.387. The Kier molecular flexibility index (Phi) is 3.43. The number of anilines is 1. The van der Waals surface area contributed by atoms with Crippen LogP contribution in [0.1, 0.15) is 31.2 Å². The summed E-state index contributed by atoms with van der Waals surface area (Å²) in [6.45, 7) is 0. The predicted octanol–water partition coefficient (Wildman–Crippen LogP) is 3.58. The van der Waals surface area contributed by atoms with Gasteiger partial charge < -0.3 is 10.1 Å². The molecule has 3 nitrogen and oxygen atoms in total. The van der Waals surface area contributed by atoms with Crippen LogP contribution in [-0.2, 0) is 15.1 Å². The molecule has 1 aliphatic heterocycles. The van der Waals surface area contributed by atoms with Crippen LogP contribution in [0.3, 0.4) is 0 Å². The molecule has 1 heterocycles. The minimum atomic E-state index is -2.94. The van der Waals surface area contributed by atoms with E-state index in [1.165, 1.54) is 6.07 Å². The van der Waals surface area contributed by atoms with Gasteiger partial charge in [-0.05, 0) is 25.0 Å². The third kappa shape index (κ3) is 2.02. The third-order valence-electron chi connectivity index (χ3n) is 4.59. The number of ether oxygens (including phenoxy) is 1. The highest BCUT2D eigenvalue weighted by Gasteiger charge is 2.58. The normalized spacial score (nSPS) is 30.0. The van der Waals surface area contributed by atoms with Crippen molar-refractivity contribution in [1.82, 2.24) is 0 Å². The van der Waals surface area contributed by atoms with Crippen LogP contribution in [0.25, 0.3) is 0 Å². The molecular formula is C15H15F4NO2. The van der Waals surface area contributed by atoms with E-state index in [4.69, 9.17) is 4.74 Å². The van der Waals surface area contributed by atoms with Gasteiger partial charge in [-0.1, -0.05) is 0 Å². The van der Waals surface area contributed by atoms with Crippen LogP contribution < -0.4 is 5.32 Å². The van der Waals surface area contributed by atoms with E-state index in [0.717, 1.165) is 13.2 Å². The number of hydrogen-bond acceptors (Lipinski definition) is 2. The highest BCUT2D eigenvalue weighted by molar-refractivity contribution is 6.05. The van der Waals surface area contributed by atoms with E-state index >= 15 is 0 Å². The second kappa shape index (κ2) is 4.94. The van der Waals surface area contributed by atoms with Crippen molar-refractivity contribution in [3.05, 3.63) is 29.3 Å². The molecule has 3 rings (SSSR count). The molecule has 1 amide bonds. The van der Waals surface area contributed by atoms with Gasteiger partial charge in [0.05, 0.1) is 11.3 Å². The zero-order valence-electron chi connectivity index (χ0n) is 11.9. The van der Waals surface area contributed by atoms with Crippen LogP contribution >= 0.6 is 0 Å². The molecule has 0 aromatic heterocycles. The maximum Gasteiger partial charge on any atom is 0.261 e. The molecule has 0 radical (unpaired) electrons. The first kappa shape index (κ1) is 15.3. The number of amides is 1. The van der Waals surface area contributed by atoms with Crippen molar-refractivity contribution in [2.45, 2.75) is 37.2 Å². The maximum atomic E-state index is 14.3. The van der Waals surface area contributed by atoms with E-state index in [-0.39, 0.29) is 30.5 Å². The fraction of sp³-hybridized carbons (Fsp3) is 0.533. The van der Waals surface area contributed by atoms with E-state index in [0.29, 0.717) is 0 Å². The Morgan fingerprint density at radius 3 is 2.68 bits per heavy atom. The second-order valence-electron chi connectivity index (χ2n) is 5.83. The molecule has 120 valence electrons. The van der Waals surface area contributed by atoms with Crippen molar-refractivity contribution in [1.29, 1.82) is 0 Å². The number of nitrogens with one attached hydrogen (secondary N) is 1. The Bertz CT molecular complexity index is 634. The van der Waals surface area contributed by atoms with Gasteiger partial charge in [-0.2, -0.15) is 0 Å². The molecule has 2 atom stereocenters. The van der Waals surface area contributed by atoms with E-state index in [1.54, 1.807) is 0 Å². The monoisotopic (exact) mass is 317 g/mol. The molecule has 0 bridgehead atoms. The summed E-state index contributed by atoms with van der Waals surface area (Å²) < 4.78 is 60.6. The Balaban J connectivity index is 2.15. The Morgan fingerprint density at radius 1 is 1.32 bits per heavy atom. The van der Waals surface area contributed by atoms with Gasteiger partial charge in [0.1, 0.15) is 0 Å². The molecule has 0 saturated heterocycles. The molecule has 1 aliphatic carbocycles. The Labute approximate surface area is 124 Å². The lowest BCUT2D eigenvalue weighted by Gasteiger charge is -2.39. The van der Waals surface area contributed by atoms with Gasteiger partial charge in [-0.3, -0.25) is 4.79 Å². The topological polar surface area (TPSA) is 38.3 Å². The summed E-state index contributed by atoms with van der Waals surface area (Å²) >= 11 is 0. The Morgan fingerprint density at radius 2 is 2.05 bits per heavy atom. The van der Waals surface area contributed by atoms with Crippen molar-refractivity contribution in [2.24, 2.45) is 5.92 Å². The van der Waals surface area contributed by atoms with Crippen LogP contribution in [0.2, 0.25) is 0 Å². The van der Waals surface area contributed by atoms with Crippen LogP contribution in [0.15, 0.2) is 12.1 Å². The molecular weight excluding hydrogens is 302 g/mol. The van der Waals surface area contributed by atoms with Gasteiger partial charge in [0.2, 0.25) is 5.92 Å². The largest absolute Gasteiger partial charge is 0.363 e. The first-order valence-corrected chi connectivity index (χ1v) is 7.05. The molecule has 0 spiro atoms. The molecule has 1 saturated carbocycles. The van der Waals surface area contributed by atoms with Crippen molar-refractivity contribution < 1.29 is 27.1 Å². The summed E-state index contributed by atoms with van der Waals surface area (Å²) in [5, 5.41) is 2.42. The molecule has 1 fully saturated rings. The van der Waals surface area contributed by atoms with Gasteiger partial charge in [0, 0.05) is 25.9 Å². The van der Waals surface area contributed by atoms with Crippen molar-refractivity contribution in [2.75, 3.05) is 12.4 Å². The third-order valence-corrected chi connectivity index (χ3v) is 4.59. The first-order valence-electron chi connectivity index (χ1n) is 7.05. The summed E-state index contributed by atoms with van der Waals surface area (Å²) in [4.78, 5) is 12.4. The number of carbonyl (C=O) groups excluding carboxylic acids is 1. The van der Waals surface area contributed by atoms with E-state index < -0.39 is 41.4 Å². The van der Waals surface area contributed by atoms with Crippen LogP contribution in [0.5, 0.6) is 0 Å². The molecule has 7 heteroatoms. The van der Waals surface area contributed by atoms with Crippen LogP contribution in [0, 0.1) is 17.6 Å². The number of hydrogen-bond donors (Lipinski definition) is 1. The van der Waals surface area contributed by atoms with E-state index in [1.807, 2.05) is 0 Å². The molecule has 22 heavy (non-hydrogen) atoms. The van der Waals surface area contributed by atoms with Gasteiger partial charge >= 0.3 is 0 Å². The summed E-state index contributed by atoms with van der Waals surface area (Å²) in [6, 6.07) is 2.10. The van der Waals surface area contributed by atoms with Gasteiger partial charge in [0.25, 0.3) is 5.91 Å². The fourth-order valence-electron chi connectivity index (χ4n) is 3.62. The van der Waals surface area contributed by atoms with Crippen molar-refractivity contribution in [3.63, 3.8) is 0 Å². The lowest BCUT2D eigenvalue weighted by Crippen LogP contribution is -2.47. The van der Waals surface area contributed by atoms with Crippen molar-refractivity contribution in [3.8, 4) is 0 Å². The van der Waals surface area contributed by atoms with E-state index in [9.17, 15) is 22.4 Å². The first-order chi connectivity index (χ1) is 10.3. The predicted molar refractivity (Wildman–Crippen MR) is 70.6 cm³/mol. The second-order valence-corrected chi connectivity index (χ2v) is 5.83. The lowest BCUT2D eigenvalue weighted by atomic mass is 9.72. The maximum absolute atomic E-state index is 14.3. The molecule has 1 aromatic rings. The molecule has 1 N–H and O–H groups in total. The van der Waals surface area contributed by atoms with E-state index in [2.05, 4.69) is 5.32 Å². The quantitative estimate of drug-likeness (QED) is 0.847. The van der Waals surface area contributed by atoms with Gasteiger partial charge in [-0.15, -0.1) is 0 Å². The Hall–Kier alpha value is -1.63. The van der Waals surface area contributed by atoms with Crippen molar-refractivity contribution >= 4 is 11.6 Å². The minimum Gasteiger partial charge on any atom is -0.363 e. The number of alkyl halides is 2. The summed E-state index contributed by atoms with van der Waals surface area (Å²) in [7, 11) is 1.16. The van der Waals surface area contributed by atoms with Crippen LogP contribution in [0.4, 0.5) is 23.2 Å². The SMILES string of the molecule is CO[C@@]1(C2CCCC(F)(F)C2)C(=O)Nc2ccc(F)c(F)c21. The van der Waals surface area contributed by atoms with Crippen LogP contribution in [-0.4, -0.2) is 18.9 Å².